The van der Waals surface area contributed by atoms with Crippen LogP contribution in [0.25, 0.3) is 27.5 Å². The van der Waals surface area contributed by atoms with E-state index in [1.54, 1.807) is 63.1 Å². The molecule has 14 rings (SSSR count). The van der Waals surface area contributed by atoms with Crippen molar-refractivity contribution in [3.05, 3.63) is 219 Å². The molecule has 0 aliphatic carbocycles. The molecule has 106 heavy (non-hydrogen) atoms. The number of rotatable bonds is 12. The van der Waals surface area contributed by atoms with Gasteiger partial charge in [0.1, 0.15) is 8.07 Å². The minimum atomic E-state index is -1.48. The monoisotopic (exact) mass is 1660 g/mol. The van der Waals surface area contributed by atoms with Crippen LogP contribution in [0.3, 0.4) is 0 Å². The van der Waals surface area contributed by atoms with Crippen LogP contribution in [-0.2, 0) is 23.7 Å². The third-order valence-corrected chi connectivity index (χ3v) is 23.5. The molecule has 5 fully saturated rings. The second kappa shape index (κ2) is 36.9. The van der Waals surface area contributed by atoms with Gasteiger partial charge in [0.05, 0.1) is 162 Å². The molecule has 0 radical (unpaired) electrons. The van der Waals surface area contributed by atoms with Crippen LogP contribution in [0.5, 0.6) is 0 Å². The number of aliphatic hydroxyl groups excluding tert-OH is 1. The van der Waals surface area contributed by atoms with E-state index in [2.05, 4.69) is 182 Å². The van der Waals surface area contributed by atoms with Crippen molar-refractivity contribution in [2.75, 3.05) is 45.4 Å². The Morgan fingerprint density at radius 1 is 0.519 bits per heavy atom. The third-order valence-electron chi connectivity index (χ3n) is 18.9. The van der Waals surface area contributed by atoms with Crippen molar-refractivity contribution < 1.29 is 28.8 Å². The lowest BCUT2D eigenvalue weighted by molar-refractivity contribution is 0.0357. The summed E-state index contributed by atoms with van der Waals surface area (Å²) in [7, 11) is -1.48. The summed E-state index contributed by atoms with van der Waals surface area (Å²) in [4.78, 5) is 2.77. The fourth-order valence-corrected chi connectivity index (χ4v) is 15.4. The number of azide groups is 1. The molecule has 0 bridgehead atoms. The smallest absolute Gasteiger partial charge is 0.106 e. The number of nitrogen functional groups attached to an aromatic ring is 1. The van der Waals surface area contributed by atoms with E-state index >= 15 is 0 Å². The van der Waals surface area contributed by atoms with Crippen molar-refractivity contribution >= 4 is 123 Å². The topological polar surface area (TPSA) is 259 Å². The van der Waals surface area contributed by atoms with E-state index < -0.39 is 14.1 Å². The molecule has 6 atom stereocenters. The summed E-state index contributed by atoms with van der Waals surface area (Å²) >= 11 is 39.9. The lowest BCUT2D eigenvalue weighted by Crippen LogP contribution is -2.38. The summed E-state index contributed by atoms with van der Waals surface area (Å²) in [6.07, 6.45) is 13.8. The highest BCUT2D eigenvalue weighted by Gasteiger charge is 2.37. The van der Waals surface area contributed by atoms with Gasteiger partial charge in [0.2, 0.25) is 0 Å². The Kier molecular flexibility index (Phi) is 29.9. The Labute approximate surface area is 667 Å². The normalized spacial score (nSPS) is 20.8. The first-order valence-corrected chi connectivity index (χ1v) is 41.4. The van der Waals surface area contributed by atoms with Crippen LogP contribution in [0, 0.1) is 0 Å². The van der Waals surface area contributed by atoms with Gasteiger partial charge in [0.25, 0.3) is 0 Å². The Hall–Kier alpha value is -5.70. The van der Waals surface area contributed by atoms with E-state index in [1.807, 2.05) is 54.7 Å². The fourth-order valence-electron chi connectivity index (χ4n) is 13.1. The molecule has 5 saturated heterocycles. The fraction of sp³-hybridized carbons (Fsp3) is 0.455. The lowest BCUT2D eigenvalue weighted by Gasteiger charge is -2.16. The lowest BCUT2D eigenvalue weighted by atomic mass is 9.91. The molecule has 8 heterocycles. The van der Waals surface area contributed by atoms with Gasteiger partial charge >= 0.3 is 0 Å². The maximum absolute atomic E-state index is 8.99. The Morgan fingerprint density at radius 2 is 0.877 bits per heavy atom. The van der Waals surface area contributed by atoms with E-state index in [0.29, 0.717) is 78.4 Å². The van der Waals surface area contributed by atoms with Gasteiger partial charge in [-0.2, -0.15) is 0 Å². The zero-order chi connectivity index (χ0) is 76.4. The second-order valence-electron chi connectivity index (χ2n) is 31.1. The van der Waals surface area contributed by atoms with Crippen LogP contribution in [0.4, 0.5) is 11.4 Å². The second-order valence-corrected chi connectivity index (χ2v) is 39.4. The van der Waals surface area contributed by atoms with Crippen molar-refractivity contribution in [2.24, 2.45) is 10.8 Å². The van der Waals surface area contributed by atoms with E-state index in [0.717, 1.165) is 95.8 Å². The number of hydrogen-bond acceptors (Lipinski definition) is 15. The number of nitrogens with zero attached hydrogens (tertiary/aromatic N) is 12. The molecule has 570 valence electrons. The number of anilines is 1. The third kappa shape index (κ3) is 23.9. The molecular formula is C77H96BrCl7N14O6Si. The highest BCUT2D eigenvalue weighted by molar-refractivity contribution is 9.10. The first-order chi connectivity index (χ1) is 49.4. The zero-order valence-corrected chi connectivity index (χ0v) is 70.0. The molecular weight excluding hydrogens is 1570 g/mol. The molecule has 5 N–H and O–H groups in total. The van der Waals surface area contributed by atoms with E-state index in [9.17, 15) is 0 Å². The maximum Gasteiger partial charge on any atom is 0.106 e. The van der Waals surface area contributed by atoms with Gasteiger partial charge in [-0.1, -0.05) is 146 Å². The Bertz CT molecular complexity index is 4370. The van der Waals surface area contributed by atoms with Crippen LogP contribution in [0.2, 0.25) is 49.8 Å². The van der Waals surface area contributed by atoms with Gasteiger partial charge in [-0.15, -0.1) is 27.7 Å². The first-order valence-electron chi connectivity index (χ1n) is 34.9. The number of benzene rings is 6. The highest BCUT2D eigenvalue weighted by atomic mass is 79.9. The number of ether oxygens (including phenoxy) is 5. The molecule has 0 saturated carbocycles. The average molecular weight is 1670 g/mol. The number of hydrogen-bond donors (Lipinski definition) is 3. The number of aromatic nitrogens is 9. The first kappa shape index (κ1) is 85.9. The minimum absolute atomic E-state index is 0. The molecule has 6 aromatic carbocycles. The van der Waals surface area contributed by atoms with E-state index in [1.165, 1.54) is 22.3 Å². The zero-order valence-electron chi connectivity index (χ0n) is 62.1. The van der Waals surface area contributed by atoms with Crippen molar-refractivity contribution in [1.29, 1.82) is 0 Å². The predicted molar refractivity (Wildman–Crippen MR) is 436 cm³/mol. The Morgan fingerprint density at radius 3 is 1.23 bits per heavy atom. The van der Waals surface area contributed by atoms with Gasteiger partial charge in [-0.25, -0.2) is 14.0 Å². The predicted octanol–water partition coefficient (Wildman–Crippen LogP) is 20.4. The summed E-state index contributed by atoms with van der Waals surface area (Å²) < 4.78 is 34.8. The molecule has 29 heteroatoms. The summed E-state index contributed by atoms with van der Waals surface area (Å²) in [5.74, 6) is 2.10. The van der Waals surface area contributed by atoms with Gasteiger partial charge in [-0.05, 0) is 229 Å². The van der Waals surface area contributed by atoms with Crippen LogP contribution in [-0.4, -0.2) is 126 Å². The van der Waals surface area contributed by atoms with Gasteiger partial charge in [-0.3, -0.25) is 0 Å². The quantitative estimate of drug-likeness (QED) is 0.0338. The maximum atomic E-state index is 8.99. The van der Waals surface area contributed by atoms with Gasteiger partial charge in [0.15, 0.2) is 0 Å². The van der Waals surface area contributed by atoms with Crippen molar-refractivity contribution in [2.45, 2.75) is 185 Å². The van der Waals surface area contributed by atoms with E-state index in [-0.39, 0.29) is 47.0 Å². The minimum Gasteiger partial charge on any atom is -0.398 e. The number of aliphatic hydroxyl groups is 1. The van der Waals surface area contributed by atoms with Crippen LogP contribution in [0.1, 0.15) is 170 Å². The standard InChI is InChI=1S/C17H24ClN3OSi.C14H16ClN3O.C12H14BrClO.C12H14ClN3O.C12H16ClNO.C10H11ClN4O.ClH/c1-17(2)9-13(11-22-17)12-6-7-14(18)15(8-12)21-10-16(19-20-21)23(3,4)5;1-14(2)8-11(9-19-14)10-3-4-12(15)13(7-10)18-6-5-16-17-18;1-12(2)6-9(7-15-12)8-3-4-11(14)10(13)5-8;1-12(2)6-9(7-17-12)8-3-4-10(13)11(5-8)15-16-14;1-12(2)6-9(7-15-12)8-3-4-10(13)11(14)5-8;11-8-2-1-7(9(12)6-16)5-10(8)15-4-3-13-14-15;/h6-8,10,13H,9,11H2,1-5H3;3-7,11H,8-9H2,1-2H3;3-5,9H,6-7H2,1-2H3;3-5,9H,6-7H2,1-2H3;3-5,9H,6-7,14H2,1-2H3;1-5,9,16H,6,12H2;1H/t13-;11-;4*9-;/m111111./s1. The van der Waals surface area contributed by atoms with Crippen molar-refractivity contribution in [3.63, 3.8) is 0 Å². The summed E-state index contributed by atoms with van der Waals surface area (Å²) in [6, 6.07) is 34.7. The summed E-state index contributed by atoms with van der Waals surface area (Å²) in [5, 5.41) is 41.5. The highest BCUT2D eigenvalue weighted by Crippen LogP contribution is 2.43. The average Bonchev–Trinajstić information content (AvgIpc) is 1.62. The molecule has 5 aliphatic rings. The Balaban J connectivity index is 0.000000161. The van der Waals surface area contributed by atoms with Crippen LogP contribution < -0.4 is 16.8 Å². The summed E-state index contributed by atoms with van der Waals surface area (Å²) in [6.45, 7) is 31.7. The van der Waals surface area contributed by atoms with Gasteiger partial charge in [0, 0.05) is 45.2 Å². The molecule has 20 nitrogen and oxygen atoms in total. The van der Waals surface area contributed by atoms with Crippen molar-refractivity contribution in [3.8, 4) is 17.1 Å². The van der Waals surface area contributed by atoms with Crippen LogP contribution in [0.15, 0.2) is 150 Å². The van der Waals surface area contributed by atoms with Crippen LogP contribution >= 0.6 is 97.9 Å². The molecule has 5 aliphatic heterocycles. The van der Waals surface area contributed by atoms with Gasteiger partial charge < -0.3 is 40.3 Å². The summed E-state index contributed by atoms with van der Waals surface area (Å²) in [5.41, 5.74) is 30.3. The molecule has 0 unspecified atom stereocenters. The molecule has 3 aromatic heterocycles. The van der Waals surface area contributed by atoms with E-state index in [4.69, 9.17) is 115 Å². The molecule has 0 amide bonds. The SMILES string of the molecule is CC1(C)C[C@@H](c2ccc(Cl)c(-n3cc([Si](C)(C)C)nn3)c2)CO1.CC1(C)C[C@@H](c2ccc(Cl)c(-n3ccnn3)c2)CO1.CC1(C)C[C@@H](c2ccc(Cl)c(Br)c2)CO1.CC1(C)C[C@@H](c2ccc(Cl)c(N)c2)CO1.CC1(C)C[C@@H](c2ccc(Cl)c(N=[N+]=[N-])c2)CO1.Cl.N[C@H](CO)c1ccc(Cl)c(-n2ccnn2)c1. The van der Waals surface area contributed by atoms with Crippen molar-refractivity contribution in [1.82, 2.24) is 45.0 Å². The number of nitrogens with two attached hydrogens (primary N) is 2. The molecule has 0 spiro atoms. The molecule has 9 aromatic rings. The number of halogens is 8. The largest absolute Gasteiger partial charge is 0.398 e.